The van der Waals surface area contributed by atoms with Crippen molar-refractivity contribution in [1.82, 2.24) is 5.32 Å². The van der Waals surface area contributed by atoms with E-state index in [1.807, 2.05) is 48.2 Å². The third-order valence-corrected chi connectivity index (χ3v) is 5.10. The summed E-state index contributed by atoms with van der Waals surface area (Å²) in [6.45, 7) is 1.97. The number of para-hydroxylation sites is 1. The van der Waals surface area contributed by atoms with Crippen LogP contribution in [0.4, 0.5) is 5.69 Å². The Morgan fingerprint density at radius 3 is 2.78 bits per heavy atom. The Morgan fingerprint density at radius 1 is 1.17 bits per heavy atom. The van der Waals surface area contributed by atoms with Gasteiger partial charge in [-0.15, -0.1) is 11.8 Å². The Hall–Kier alpha value is -1.65. The first-order valence-electron chi connectivity index (χ1n) is 7.70. The van der Waals surface area contributed by atoms with E-state index in [0.29, 0.717) is 13.1 Å². The van der Waals surface area contributed by atoms with Gasteiger partial charge in [-0.25, -0.2) is 0 Å². The lowest BCUT2D eigenvalue weighted by Crippen LogP contribution is -2.40. The standard InChI is InChI=1S/C18H19ClN2OS/c19-15-7-5-14(6-8-15)9-10-20-18(22)13-21-11-12-23-17-4-2-1-3-16(17)21/h1-8H,9-13H2,(H,20,22). The molecule has 5 heteroatoms. The van der Waals surface area contributed by atoms with Gasteiger partial charge >= 0.3 is 0 Å². The number of amides is 1. The van der Waals surface area contributed by atoms with Gasteiger partial charge < -0.3 is 10.2 Å². The van der Waals surface area contributed by atoms with Gasteiger partial charge in [0, 0.05) is 28.8 Å². The lowest BCUT2D eigenvalue weighted by atomic mass is 10.1. The zero-order valence-electron chi connectivity index (χ0n) is 12.8. The van der Waals surface area contributed by atoms with Crippen molar-refractivity contribution in [1.29, 1.82) is 0 Å². The molecule has 23 heavy (non-hydrogen) atoms. The maximum Gasteiger partial charge on any atom is 0.239 e. The zero-order valence-corrected chi connectivity index (χ0v) is 14.4. The number of thioether (sulfide) groups is 1. The molecule has 0 aliphatic carbocycles. The molecule has 1 aliphatic rings. The second-order valence-corrected chi connectivity index (χ2v) is 7.04. The van der Waals surface area contributed by atoms with Gasteiger partial charge in [-0.1, -0.05) is 35.9 Å². The number of fused-ring (bicyclic) bond motifs is 1. The molecule has 0 bridgehead atoms. The summed E-state index contributed by atoms with van der Waals surface area (Å²) in [7, 11) is 0. The van der Waals surface area contributed by atoms with Crippen molar-refractivity contribution in [3.8, 4) is 0 Å². The van der Waals surface area contributed by atoms with E-state index >= 15 is 0 Å². The first-order valence-corrected chi connectivity index (χ1v) is 9.06. The van der Waals surface area contributed by atoms with Crippen LogP contribution in [0.2, 0.25) is 5.02 Å². The van der Waals surface area contributed by atoms with Crippen LogP contribution in [0.3, 0.4) is 0 Å². The molecule has 0 atom stereocenters. The zero-order chi connectivity index (χ0) is 16.1. The molecule has 1 N–H and O–H groups in total. The van der Waals surface area contributed by atoms with Crippen molar-refractivity contribution in [3.63, 3.8) is 0 Å². The number of nitrogens with one attached hydrogen (secondary N) is 1. The van der Waals surface area contributed by atoms with E-state index in [4.69, 9.17) is 11.6 Å². The Labute approximate surface area is 146 Å². The molecule has 3 nitrogen and oxygen atoms in total. The van der Waals surface area contributed by atoms with Gasteiger partial charge in [0.05, 0.1) is 12.2 Å². The van der Waals surface area contributed by atoms with Crippen LogP contribution in [0.1, 0.15) is 5.56 Å². The molecule has 0 spiro atoms. The number of benzene rings is 2. The fraction of sp³-hybridized carbons (Fsp3) is 0.278. The van der Waals surface area contributed by atoms with Crippen LogP contribution in [0.25, 0.3) is 0 Å². The Balaban J connectivity index is 1.49. The van der Waals surface area contributed by atoms with Crippen molar-refractivity contribution in [2.45, 2.75) is 11.3 Å². The number of halogens is 1. The van der Waals surface area contributed by atoms with Gasteiger partial charge in [-0.3, -0.25) is 4.79 Å². The largest absolute Gasteiger partial charge is 0.360 e. The predicted molar refractivity (Wildman–Crippen MR) is 97.5 cm³/mol. The van der Waals surface area contributed by atoms with Crippen LogP contribution in [-0.2, 0) is 11.2 Å². The molecule has 2 aromatic rings. The van der Waals surface area contributed by atoms with Crippen LogP contribution in [0.5, 0.6) is 0 Å². The number of anilines is 1. The first-order chi connectivity index (χ1) is 11.2. The predicted octanol–water partition coefficient (Wildman–Crippen LogP) is 3.61. The van der Waals surface area contributed by atoms with Crippen molar-refractivity contribution < 1.29 is 4.79 Å². The van der Waals surface area contributed by atoms with Gasteiger partial charge in [0.25, 0.3) is 0 Å². The summed E-state index contributed by atoms with van der Waals surface area (Å²) in [6.07, 6.45) is 0.815. The maximum atomic E-state index is 12.2. The monoisotopic (exact) mass is 346 g/mol. The van der Waals surface area contributed by atoms with E-state index in [2.05, 4.69) is 22.3 Å². The highest BCUT2D eigenvalue weighted by atomic mass is 35.5. The van der Waals surface area contributed by atoms with Gasteiger partial charge in [0.1, 0.15) is 0 Å². The van der Waals surface area contributed by atoms with Crippen molar-refractivity contribution >= 4 is 35.0 Å². The van der Waals surface area contributed by atoms with Crippen LogP contribution in [-0.4, -0.2) is 31.3 Å². The van der Waals surface area contributed by atoms with E-state index in [9.17, 15) is 4.79 Å². The lowest BCUT2D eigenvalue weighted by molar-refractivity contribution is -0.119. The Morgan fingerprint density at radius 2 is 1.96 bits per heavy atom. The molecule has 0 saturated carbocycles. The molecule has 0 fully saturated rings. The highest BCUT2D eigenvalue weighted by molar-refractivity contribution is 7.99. The average molecular weight is 347 g/mol. The highest BCUT2D eigenvalue weighted by Crippen LogP contribution is 2.33. The molecule has 1 amide bonds. The summed E-state index contributed by atoms with van der Waals surface area (Å²) in [4.78, 5) is 15.6. The fourth-order valence-corrected chi connectivity index (χ4v) is 3.79. The number of rotatable bonds is 5. The number of hydrogen-bond donors (Lipinski definition) is 1. The van der Waals surface area contributed by atoms with Crippen molar-refractivity contribution in [2.75, 3.05) is 30.3 Å². The molecule has 0 unspecified atom stereocenters. The number of hydrogen-bond acceptors (Lipinski definition) is 3. The first kappa shape index (κ1) is 16.2. The minimum absolute atomic E-state index is 0.0701. The van der Waals surface area contributed by atoms with E-state index in [0.717, 1.165) is 29.4 Å². The van der Waals surface area contributed by atoms with E-state index in [-0.39, 0.29) is 5.91 Å². The normalized spacial score (nSPS) is 13.5. The van der Waals surface area contributed by atoms with Crippen molar-refractivity contribution in [2.24, 2.45) is 0 Å². The third-order valence-electron chi connectivity index (χ3n) is 3.81. The topological polar surface area (TPSA) is 32.3 Å². The van der Waals surface area contributed by atoms with Crippen molar-refractivity contribution in [3.05, 3.63) is 59.1 Å². The number of carbonyl (C=O) groups is 1. The molecule has 0 aromatic heterocycles. The molecular formula is C18H19ClN2OS. The van der Waals surface area contributed by atoms with Gasteiger partial charge in [-0.05, 0) is 36.2 Å². The smallest absolute Gasteiger partial charge is 0.239 e. The average Bonchev–Trinajstić information content (AvgIpc) is 2.57. The van der Waals surface area contributed by atoms with Gasteiger partial charge in [0.2, 0.25) is 5.91 Å². The summed E-state index contributed by atoms with van der Waals surface area (Å²) in [6, 6.07) is 16.0. The molecular weight excluding hydrogens is 328 g/mol. The van der Waals surface area contributed by atoms with Crippen LogP contribution < -0.4 is 10.2 Å². The quantitative estimate of drug-likeness (QED) is 0.897. The summed E-state index contributed by atoms with van der Waals surface area (Å²) in [5, 5.41) is 3.74. The molecule has 1 aliphatic heterocycles. The summed E-state index contributed by atoms with van der Waals surface area (Å²) < 4.78 is 0. The van der Waals surface area contributed by atoms with Crippen LogP contribution in [0.15, 0.2) is 53.4 Å². The van der Waals surface area contributed by atoms with Gasteiger partial charge in [-0.2, -0.15) is 0 Å². The van der Waals surface area contributed by atoms with Crippen LogP contribution >= 0.6 is 23.4 Å². The summed E-state index contributed by atoms with van der Waals surface area (Å²) in [5.74, 6) is 1.09. The van der Waals surface area contributed by atoms with E-state index in [1.54, 1.807) is 0 Å². The summed E-state index contributed by atoms with van der Waals surface area (Å²) in [5.41, 5.74) is 2.34. The molecule has 0 radical (unpaired) electrons. The highest BCUT2D eigenvalue weighted by Gasteiger charge is 2.18. The third kappa shape index (κ3) is 4.43. The number of nitrogens with zero attached hydrogens (tertiary/aromatic N) is 1. The minimum Gasteiger partial charge on any atom is -0.360 e. The van der Waals surface area contributed by atoms with Crippen LogP contribution in [0, 0.1) is 0 Å². The second-order valence-electron chi connectivity index (χ2n) is 5.46. The molecule has 0 saturated heterocycles. The maximum absolute atomic E-state index is 12.2. The minimum atomic E-state index is 0.0701. The molecule has 1 heterocycles. The SMILES string of the molecule is O=C(CN1CCSc2ccccc21)NCCc1ccc(Cl)cc1. The Bertz CT molecular complexity index is 675. The molecule has 3 rings (SSSR count). The van der Waals surface area contributed by atoms with E-state index < -0.39 is 0 Å². The molecule has 120 valence electrons. The lowest BCUT2D eigenvalue weighted by Gasteiger charge is -2.30. The second kappa shape index (κ2) is 7.75. The summed E-state index contributed by atoms with van der Waals surface area (Å²) >= 11 is 7.72. The molecule has 2 aromatic carbocycles. The number of carbonyl (C=O) groups excluding carboxylic acids is 1. The Kier molecular flexibility index (Phi) is 5.47. The van der Waals surface area contributed by atoms with Gasteiger partial charge in [0.15, 0.2) is 0 Å². The fourth-order valence-electron chi connectivity index (χ4n) is 2.62. The van der Waals surface area contributed by atoms with E-state index in [1.165, 1.54) is 10.5 Å².